The quantitative estimate of drug-likeness (QED) is 0.877. The summed E-state index contributed by atoms with van der Waals surface area (Å²) in [6, 6.07) is 3.88. The van der Waals surface area contributed by atoms with Gasteiger partial charge in [0, 0.05) is 19.2 Å². The van der Waals surface area contributed by atoms with Crippen molar-refractivity contribution in [1.82, 2.24) is 10.1 Å². The number of halogens is 1. The lowest BCUT2D eigenvalue weighted by Gasteiger charge is -2.09. The van der Waals surface area contributed by atoms with Crippen LogP contribution in [0.1, 0.15) is 12.8 Å². The summed E-state index contributed by atoms with van der Waals surface area (Å²) in [6.07, 6.45) is 2.30. The summed E-state index contributed by atoms with van der Waals surface area (Å²) in [5.41, 5.74) is 6.89. The van der Waals surface area contributed by atoms with Crippen LogP contribution in [0.15, 0.2) is 16.7 Å². The van der Waals surface area contributed by atoms with Crippen LogP contribution >= 0.6 is 11.6 Å². The summed E-state index contributed by atoms with van der Waals surface area (Å²) in [7, 11) is 1.56. The van der Waals surface area contributed by atoms with E-state index in [0.717, 1.165) is 25.9 Å². The highest BCUT2D eigenvalue weighted by molar-refractivity contribution is 6.33. The van der Waals surface area contributed by atoms with Crippen molar-refractivity contribution >= 4 is 23.3 Å². The van der Waals surface area contributed by atoms with Crippen LogP contribution in [0.5, 0.6) is 5.75 Å². The Bertz CT molecular complexity index is 623. The second kappa shape index (κ2) is 5.20. The first kappa shape index (κ1) is 13.1. The maximum absolute atomic E-state index is 6.05. The highest BCUT2D eigenvalue weighted by Crippen LogP contribution is 2.35. The number of benzene rings is 1. The third kappa shape index (κ3) is 2.27. The van der Waals surface area contributed by atoms with Gasteiger partial charge in [0.05, 0.1) is 23.4 Å². The molecule has 6 nitrogen and oxygen atoms in total. The third-order valence-electron chi connectivity index (χ3n) is 3.35. The highest BCUT2D eigenvalue weighted by Gasteiger charge is 2.21. The fraction of sp³-hybridized carbons (Fsp3) is 0.385. The lowest BCUT2D eigenvalue weighted by atomic mass is 10.1. The molecule has 106 valence electrons. The number of hydrogen-bond acceptors (Lipinski definition) is 6. The molecule has 0 saturated carbocycles. The van der Waals surface area contributed by atoms with E-state index in [1.54, 1.807) is 19.2 Å². The normalized spacial score (nSPS) is 14.8. The Labute approximate surface area is 121 Å². The number of methoxy groups -OCH3 is 1. The first-order chi connectivity index (χ1) is 9.69. The van der Waals surface area contributed by atoms with E-state index >= 15 is 0 Å². The minimum atomic E-state index is 0.438. The average molecular weight is 295 g/mol. The molecule has 1 aliphatic heterocycles. The number of nitrogens with zero attached hydrogens (tertiary/aromatic N) is 3. The van der Waals surface area contributed by atoms with Gasteiger partial charge in [-0.25, -0.2) is 0 Å². The Kier molecular flexibility index (Phi) is 3.40. The fourth-order valence-electron chi connectivity index (χ4n) is 2.27. The van der Waals surface area contributed by atoms with Crippen LogP contribution in [-0.4, -0.2) is 30.3 Å². The molecule has 2 heterocycles. The summed E-state index contributed by atoms with van der Waals surface area (Å²) in [5, 5.41) is 4.44. The van der Waals surface area contributed by atoms with Gasteiger partial charge in [0.15, 0.2) is 0 Å². The van der Waals surface area contributed by atoms with Crippen molar-refractivity contribution in [3.8, 4) is 17.1 Å². The standard InChI is InChI=1S/C13H15ClN4O2/c1-19-11-7-10(15)9(14)6-8(11)12-16-13(20-17-12)18-4-2-3-5-18/h6-7H,2-5,15H2,1H3. The topological polar surface area (TPSA) is 77.4 Å². The lowest BCUT2D eigenvalue weighted by molar-refractivity contribution is 0.411. The minimum Gasteiger partial charge on any atom is -0.496 e. The predicted octanol–water partition coefficient (Wildman–Crippen LogP) is 2.58. The van der Waals surface area contributed by atoms with Gasteiger partial charge in [-0.2, -0.15) is 4.98 Å². The van der Waals surface area contributed by atoms with Gasteiger partial charge in [-0.15, -0.1) is 0 Å². The number of hydrogen-bond donors (Lipinski definition) is 1. The number of anilines is 2. The van der Waals surface area contributed by atoms with Crippen molar-refractivity contribution in [1.29, 1.82) is 0 Å². The largest absolute Gasteiger partial charge is 0.496 e. The number of nitrogens with two attached hydrogens (primary N) is 1. The van der Waals surface area contributed by atoms with E-state index in [4.69, 9.17) is 26.6 Å². The van der Waals surface area contributed by atoms with Gasteiger partial charge in [-0.3, -0.25) is 0 Å². The Hall–Kier alpha value is -1.95. The van der Waals surface area contributed by atoms with Crippen molar-refractivity contribution in [2.45, 2.75) is 12.8 Å². The Morgan fingerprint density at radius 2 is 2.10 bits per heavy atom. The molecule has 7 heteroatoms. The summed E-state index contributed by atoms with van der Waals surface area (Å²) >= 11 is 6.05. The Balaban J connectivity index is 1.98. The zero-order valence-corrected chi connectivity index (χ0v) is 11.9. The third-order valence-corrected chi connectivity index (χ3v) is 3.68. The molecule has 0 atom stereocenters. The van der Waals surface area contributed by atoms with Crippen molar-refractivity contribution in [2.75, 3.05) is 30.8 Å². The van der Waals surface area contributed by atoms with Gasteiger partial charge in [-0.05, 0) is 18.9 Å². The van der Waals surface area contributed by atoms with Crippen LogP contribution in [0.3, 0.4) is 0 Å². The van der Waals surface area contributed by atoms with Crippen LogP contribution in [-0.2, 0) is 0 Å². The van der Waals surface area contributed by atoms with Crippen molar-refractivity contribution in [3.63, 3.8) is 0 Å². The molecule has 0 bridgehead atoms. The van der Waals surface area contributed by atoms with E-state index in [1.165, 1.54) is 0 Å². The molecule has 3 rings (SSSR count). The second-order valence-corrected chi connectivity index (χ2v) is 5.08. The number of rotatable bonds is 3. The van der Waals surface area contributed by atoms with Gasteiger partial charge in [-0.1, -0.05) is 16.8 Å². The van der Waals surface area contributed by atoms with Gasteiger partial charge in [0.1, 0.15) is 5.75 Å². The summed E-state index contributed by atoms with van der Waals surface area (Å²) in [4.78, 5) is 6.48. The number of ether oxygens (including phenoxy) is 1. The van der Waals surface area contributed by atoms with Crippen LogP contribution in [0.2, 0.25) is 5.02 Å². The van der Waals surface area contributed by atoms with Gasteiger partial charge in [0.25, 0.3) is 0 Å². The highest BCUT2D eigenvalue weighted by atomic mass is 35.5. The molecule has 1 aromatic heterocycles. The van der Waals surface area contributed by atoms with E-state index in [1.807, 2.05) is 0 Å². The molecule has 0 spiro atoms. The fourth-order valence-corrected chi connectivity index (χ4v) is 2.44. The summed E-state index contributed by atoms with van der Waals surface area (Å²) in [5.74, 6) is 1.02. The van der Waals surface area contributed by atoms with Crippen LogP contribution < -0.4 is 15.4 Å². The van der Waals surface area contributed by atoms with E-state index in [0.29, 0.717) is 33.9 Å². The molecule has 0 radical (unpaired) electrons. The van der Waals surface area contributed by atoms with Crippen molar-refractivity contribution in [3.05, 3.63) is 17.2 Å². The molecule has 0 unspecified atom stereocenters. The Morgan fingerprint density at radius 1 is 1.35 bits per heavy atom. The molecule has 1 aromatic carbocycles. The molecule has 2 N–H and O–H groups in total. The van der Waals surface area contributed by atoms with Crippen LogP contribution in [0.25, 0.3) is 11.4 Å². The minimum absolute atomic E-state index is 0.438. The van der Waals surface area contributed by atoms with Crippen LogP contribution in [0.4, 0.5) is 11.7 Å². The van der Waals surface area contributed by atoms with Crippen molar-refractivity contribution in [2.24, 2.45) is 0 Å². The molecular formula is C13H15ClN4O2. The molecule has 1 fully saturated rings. The number of nitrogen functional groups attached to an aromatic ring is 1. The van der Waals surface area contributed by atoms with Gasteiger partial charge < -0.3 is 19.9 Å². The first-order valence-corrected chi connectivity index (χ1v) is 6.79. The molecule has 2 aromatic rings. The zero-order valence-electron chi connectivity index (χ0n) is 11.1. The van der Waals surface area contributed by atoms with E-state index < -0.39 is 0 Å². The predicted molar refractivity (Wildman–Crippen MR) is 77.2 cm³/mol. The zero-order chi connectivity index (χ0) is 14.1. The van der Waals surface area contributed by atoms with Crippen LogP contribution in [0, 0.1) is 0 Å². The van der Waals surface area contributed by atoms with Crippen molar-refractivity contribution < 1.29 is 9.26 Å². The second-order valence-electron chi connectivity index (χ2n) is 4.67. The lowest BCUT2D eigenvalue weighted by Crippen LogP contribution is -2.17. The summed E-state index contributed by atoms with van der Waals surface area (Å²) in [6.45, 7) is 1.89. The van der Waals surface area contributed by atoms with E-state index in [-0.39, 0.29) is 0 Å². The maximum Gasteiger partial charge on any atom is 0.324 e. The molecule has 0 aliphatic carbocycles. The molecule has 1 aliphatic rings. The first-order valence-electron chi connectivity index (χ1n) is 6.41. The maximum atomic E-state index is 6.05. The van der Waals surface area contributed by atoms with Gasteiger partial charge >= 0.3 is 6.01 Å². The smallest absolute Gasteiger partial charge is 0.324 e. The molecular weight excluding hydrogens is 280 g/mol. The number of aromatic nitrogens is 2. The monoisotopic (exact) mass is 294 g/mol. The Morgan fingerprint density at radius 3 is 2.80 bits per heavy atom. The molecule has 0 amide bonds. The SMILES string of the molecule is COc1cc(N)c(Cl)cc1-c1noc(N2CCCC2)n1. The molecule has 20 heavy (non-hydrogen) atoms. The van der Waals surface area contributed by atoms with Gasteiger partial charge in [0.2, 0.25) is 5.82 Å². The average Bonchev–Trinajstić information content (AvgIpc) is 3.10. The van der Waals surface area contributed by atoms with E-state index in [2.05, 4.69) is 15.0 Å². The molecule has 1 saturated heterocycles. The summed E-state index contributed by atoms with van der Waals surface area (Å²) < 4.78 is 10.6. The van der Waals surface area contributed by atoms with E-state index in [9.17, 15) is 0 Å².